The topological polar surface area (TPSA) is 87.9 Å². The van der Waals surface area contributed by atoms with Crippen LogP contribution in [0.2, 0.25) is 0 Å². The van der Waals surface area contributed by atoms with Crippen LogP contribution in [0, 0.1) is 10.1 Å². The SMILES string of the molecule is O=C(Oc1ccc([N+](=O)[O-])cc1)OC1CCOC(S)C1. The lowest BCUT2D eigenvalue weighted by molar-refractivity contribution is -0.384. The van der Waals surface area contributed by atoms with Crippen LogP contribution in [0.1, 0.15) is 12.8 Å². The van der Waals surface area contributed by atoms with Gasteiger partial charge < -0.3 is 14.2 Å². The predicted octanol–water partition coefficient (Wildman–Crippen LogP) is 2.55. The van der Waals surface area contributed by atoms with Crippen LogP contribution in [-0.4, -0.2) is 29.2 Å². The van der Waals surface area contributed by atoms with E-state index in [0.29, 0.717) is 19.4 Å². The number of nitro groups is 1. The summed E-state index contributed by atoms with van der Waals surface area (Å²) in [7, 11) is 0. The quantitative estimate of drug-likeness (QED) is 0.303. The lowest BCUT2D eigenvalue weighted by Crippen LogP contribution is -2.30. The maximum Gasteiger partial charge on any atom is 0.514 e. The summed E-state index contributed by atoms with van der Waals surface area (Å²) in [5.41, 5.74) is -0.325. The van der Waals surface area contributed by atoms with Crippen molar-refractivity contribution in [2.75, 3.05) is 6.61 Å². The zero-order valence-corrected chi connectivity index (χ0v) is 11.3. The van der Waals surface area contributed by atoms with E-state index in [1.54, 1.807) is 0 Å². The number of carbonyl (C=O) groups excluding carboxylic acids is 1. The minimum absolute atomic E-state index is 0.0759. The molecule has 0 amide bonds. The maximum absolute atomic E-state index is 11.6. The number of nitro benzene ring substituents is 1. The van der Waals surface area contributed by atoms with Gasteiger partial charge in [-0.3, -0.25) is 10.1 Å². The van der Waals surface area contributed by atoms with Crippen LogP contribution in [0.4, 0.5) is 10.5 Å². The Kier molecular flexibility index (Phi) is 4.80. The molecule has 0 aromatic heterocycles. The molecular formula is C12H13NO6S. The number of thiol groups is 1. The van der Waals surface area contributed by atoms with E-state index >= 15 is 0 Å². The summed E-state index contributed by atoms with van der Waals surface area (Å²) in [6.07, 6.45) is -0.0478. The molecule has 1 saturated heterocycles. The van der Waals surface area contributed by atoms with E-state index in [9.17, 15) is 14.9 Å². The second kappa shape index (κ2) is 6.58. The molecule has 7 nitrogen and oxygen atoms in total. The highest BCUT2D eigenvalue weighted by Gasteiger charge is 2.24. The molecule has 0 N–H and O–H groups in total. The van der Waals surface area contributed by atoms with Gasteiger partial charge in [-0.25, -0.2) is 4.79 Å². The first-order valence-electron chi connectivity index (χ1n) is 5.97. The van der Waals surface area contributed by atoms with Crippen LogP contribution >= 0.6 is 12.6 Å². The normalized spacial score (nSPS) is 22.1. The van der Waals surface area contributed by atoms with Crippen molar-refractivity contribution >= 4 is 24.5 Å². The van der Waals surface area contributed by atoms with Crippen LogP contribution in [-0.2, 0) is 9.47 Å². The summed E-state index contributed by atoms with van der Waals surface area (Å²) >= 11 is 4.15. The first-order valence-corrected chi connectivity index (χ1v) is 6.49. The smallest absolute Gasteiger partial charge is 0.430 e. The Balaban J connectivity index is 1.86. The Bertz CT molecular complexity index is 491. The number of rotatable bonds is 3. The van der Waals surface area contributed by atoms with E-state index in [0.717, 1.165) is 0 Å². The number of carbonyl (C=O) groups is 1. The molecule has 1 heterocycles. The van der Waals surface area contributed by atoms with Crippen LogP contribution < -0.4 is 4.74 Å². The largest absolute Gasteiger partial charge is 0.514 e. The molecule has 2 atom stereocenters. The minimum atomic E-state index is -0.841. The number of benzene rings is 1. The first kappa shape index (κ1) is 14.6. The Morgan fingerprint density at radius 2 is 2.10 bits per heavy atom. The molecule has 1 fully saturated rings. The number of nitrogens with zero attached hydrogens (tertiary/aromatic N) is 1. The molecular weight excluding hydrogens is 286 g/mol. The van der Waals surface area contributed by atoms with Crippen molar-refractivity contribution in [3.8, 4) is 5.75 Å². The van der Waals surface area contributed by atoms with Gasteiger partial charge in [-0.05, 0) is 12.1 Å². The average molecular weight is 299 g/mol. The third-order valence-corrected chi connectivity index (χ3v) is 3.09. The van der Waals surface area contributed by atoms with Crippen molar-refractivity contribution < 1.29 is 23.9 Å². The fourth-order valence-corrected chi connectivity index (χ4v) is 2.09. The molecule has 2 unspecified atom stereocenters. The molecule has 2 rings (SSSR count). The fourth-order valence-electron chi connectivity index (χ4n) is 1.75. The third-order valence-electron chi connectivity index (χ3n) is 2.73. The second-order valence-corrected chi connectivity index (χ2v) is 4.77. The van der Waals surface area contributed by atoms with E-state index in [1.165, 1.54) is 24.3 Å². The van der Waals surface area contributed by atoms with E-state index in [-0.39, 0.29) is 23.0 Å². The summed E-state index contributed by atoms with van der Waals surface area (Å²) in [6, 6.07) is 5.18. The molecule has 1 aliphatic heterocycles. The van der Waals surface area contributed by atoms with Crippen molar-refractivity contribution in [1.29, 1.82) is 0 Å². The molecule has 8 heteroatoms. The van der Waals surface area contributed by atoms with E-state index in [1.807, 2.05) is 0 Å². The first-order chi connectivity index (χ1) is 9.54. The van der Waals surface area contributed by atoms with Gasteiger partial charge in [0.1, 0.15) is 17.3 Å². The van der Waals surface area contributed by atoms with Gasteiger partial charge in [0, 0.05) is 25.0 Å². The number of ether oxygens (including phenoxy) is 3. The van der Waals surface area contributed by atoms with Gasteiger partial charge in [-0.1, -0.05) is 0 Å². The molecule has 0 spiro atoms. The van der Waals surface area contributed by atoms with Gasteiger partial charge in [0.05, 0.1) is 11.5 Å². The van der Waals surface area contributed by atoms with Gasteiger partial charge in [0.2, 0.25) is 0 Å². The van der Waals surface area contributed by atoms with E-state index in [4.69, 9.17) is 14.2 Å². The van der Waals surface area contributed by atoms with Crippen LogP contribution in [0.25, 0.3) is 0 Å². The van der Waals surface area contributed by atoms with Gasteiger partial charge >= 0.3 is 6.16 Å². The average Bonchev–Trinajstić information content (AvgIpc) is 2.39. The highest BCUT2D eigenvalue weighted by Crippen LogP contribution is 2.21. The molecule has 20 heavy (non-hydrogen) atoms. The molecule has 108 valence electrons. The third kappa shape index (κ3) is 4.10. The highest BCUT2D eigenvalue weighted by atomic mass is 32.1. The number of hydrogen-bond donors (Lipinski definition) is 1. The lowest BCUT2D eigenvalue weighted by atomic mass is 10.1. The van der Waals surface area contributed by atoms with Gasteiger partial charge in [-0.2, -0.15) is 0 Å². The second-order valence-electron chi connectivity index (χ2n) is 4.19. The van der Waals surface area contributed by atoms with Crippen molar-refractivity contribution in [2.24, 2.45) is 0 Å². The van der Waals surface area contributed by atoms with Crippen molar-refractivity contribution in [3.63, 3.8) is 0 Å². The molecule has 0 bridgehead atoms. The van der Waals surface area contributed by atoms with Crippen LogP contribution in [0.3, 0.4) is 0 Å². The maximum atomic E-state index is 11.6. The minimum Gasteiger partial charge on any atom is -0.430 e. The Hall–Kier alpha value is -1.80. The summed E-state index contributed by atoms with van der Waals surface area (Å²) < 4.78 is 15.3. The Labute approximate surface area is 120 Å². The molecule has 0 radical (unpaired) electrons. The van der Waals surface area contributed by atoms with Gasteiger partial charge in [0.25, 0.3) is 5.69 Å². The zero-order valence-electron chi connectivity index (χ0n) is 10.4. The molecule has 0 saturated carbocycles. The van der Waals surface area contributed by atoms with Gasteiger partial charge in [-0.15, -0.1) is 12.6 Å². The molecule has 0 aliphatic carbocycles. The fraction of sp³-hybridized carbons (Fsp3) is 0.417. The zero-order chi connectivity index (χ0) is 14.5. The van der Waals surface area contributed by atoms with Gasteiger partial charge in [0.15, 0.2) is 0 Å². The summed E-state index contributed by atoms with van der Waals surface area (Å²) in [5.74, 6) is 0.190. The lowest BCUT2D eigenvalue weighted by Gasteiger charge is -2.25. The summed E-state index contributed by atoms with van der Waals surface area (Å²) in [4.78, 5) is 21.5. The monoisotopic (exact) mass is 299 g/mol. The summed E-state index contributed by atoms with van der Waals surface area (Å²) in [6.45, 7) is 0.476. The van der Waals surface area contributed by atoms with Crippen LogP contribution in [0.15, 0.2) is 24.3 Å². The van der Waals surface area contributed by atoms with Crippen molar-refractivity contribution in [1.82, 2.24) is 0 Å². The molecule has 1 aromatic rings. The van der Waals surface area contributed by atoms with E-state index in [2.05, 4.69) is 12.6 Å². The highest BCUT2D eigenvalue weighted by molar-refractivity contribution is 7.80. The predicted molar refractivity (Wildman–Crippen MR) is 72.0 cm³/mol. The van der Waals surface area contributed by atoms with Crippen LogP contribution in [0.5, 0.6) is 5.75 Å². The van der Waals surface area contributed by atoms with Crippen molar-refractivity contribution in [3.05, 3.63) is 34.4 Å². The number of non-ortho nitro benzene ring substituents is 1. The number of hydrogen-bond acceptors (Lipinski definition) is 7. The molecule has 1 aromatic carbocycles. The van der Waals surface area contributed by atoms with Crippen molar-refractivity contribution in [2.45, 2.75) is 24.4 Å². The standard InChI is InChI=1S/C12H13NO6S/c14-12(19-10-5-6-17-11(20)7-10)18-9-3-1-8(2-4-9)13(15)16/h1-4,10-11,20H,5-7H2. The Morgan fingerprint density at radius 3 is 2.70 bits per heavy atom. The Morgan fingerprint density at radius 1 is 1.40 bits per heavy atom. The van der Waals surface area contributed by atoms with E-state index < -0.39 is 11.1 Å². The molecule has 1 aliphatic rings. The summed E-state index contributed by atoms with van der Waals surface area (Å²) in [5, 5.41) is 10.5.